The molecule has 5 heteroatoms. The second-order valence-electron chi connectivity index (χ2n) is 4.77. The lowest BCUT2D eigenvalue weighted by atomic mass is 9.98. The minimum absolute atomic E-state index is 0.0456. The number of nitrogens with one attached hydrogen (secondary N) is 1. The first-order valence-corrected chi connectivity index (χ1v) is 7.52. The van der Waals surface area contributed by atoms with Gasteiger partial charge in [0, 0.05) is 10.0 Å². The van der Waals surface area contributed by atoms with Crippen LogP contribution >= 0.6 is 23.2 Å². The van der Waals surface area contributed by atoms with E-state index in [0.29, 0.717) is 10.0 Å². The van der Waals surface area contributed by atoms with Gasteiger partial charge >= 0.3 is 0 Å². The first kappa shape index (κ1) is 14.5. The normalized spacial score (nSPS) is 14.2. The summed E-state index contributed by atoms with van der Waals surface area (Å²) in [5.41, 5.74) is 2.01. The van der Waals surface area contributed by atoms with Gasteiger partial charge in [-0.05, 0) is 48.0 Å². The Kier molecular flexibility index (Phi) is 4.24. The summed E-state index contributed by atoms with van der Waals surface area (Å²) >= 11 is 12.5. The van der Waals surface area contributed by atoms with Crippen molar-refractivity contribution >= 4 is 23.2 Å². The molecule has 0 amide bonds. The van der Waals surface area contributed by atoms with E-state index in [-0.39, 0.29) is 12.8 Å². The van der Waals surface area contributed by atoms with E-state index in [2.05, 4.69) is 12.2 Å². The summed E-state index contributed by atoms with van der Waals surface area (Å²) in [5.74, 6) is 1.53. The van der Waals surface area contributed by atoms with Gasteiger partial charge in [0.15, 0.2) is 11.5 Å². The van der Waals surface area contributed by atoms with Crippen molar-refractivity contribution in [1.82, 2.24) is 5.32 Å². The van der Waals surface area contributed by atoms with Crippen molar-refractivity contribution in [3.05, 3.63) is 57.6 Å². The number of fused-ring (bicyclic) bond motifs is 1. The Hall–Kier alpha value is -1.42. The third-order valence-electron chi connectivity index (χ3n) is 3.41. The Morgan fingerprint density at radius 1 is 1.10 bits per heavy atom. The highest BCUT2D eigenvalue weighted by molar-refractivity contribution is 6.33. The highest BCUT2D eigenvalue weighted by Gasteiger charge is 2.20. The van der Waals surface area contributed by atoms with Gasteiger partial charge in [0.05, 0.1) is 6.04 Å². The lowest BCUT2D eigenvalue weighted by Gasteiger charge is -2.20. The van der Waals surface area contributed by atoms with Crippen LogP contribution in [-0.2, 0) is 0 Å². The van der Waals surface area contributed by atoms with E-state index in [0.717, 1.165) is 29.2 Å². The predicted octanol–water partition coefficient (Wildman–Crippen LogP) is 4.42. The second kappa shape index (κ2) is 6.14. The largest absolute Gasteiger partial charge is 0.454 e. The van der Waals surface area contributed by atoms with Crippen LogP contribution < -0.4 is 14.8 Å². The summed E-state index contributed by atoms with van der Waals surface area (Å²) in [6.07, 6.45) is 0. The summed E-state index contributed by atoms with van der Waals surface area (Å²) in [6, 6.07) is 11.4. The molecule has 1 unspecified atom stereocenters. The van der Waals surface area contributed by atoms with Gasteiger partial charge in [-0.1, -0.05) is 36.2 Å². The van der Waals surface area contributed by atoms with Crippen LogP contribution in [0.5, 0.6) is 11.5 Å². The third-order valence-corrected chi connectivity index (χ3v) is 3.99. The van der Waals surface area contributed by atoms with Crippen LogP contribution in [0.3, 0.4) is 0 Å². The minimum Gasteiger partial charge on any atom is -0.454 e. The quantitative estimate of drug-likeness (QED) is 0.903. The predicted molar refractivity (Wildman–Crippen MR) is 84.5 cm³/mol. The molecule has 3 rings (SSSR count). The van der Waals surface area contributed by atoms with Crippen molar-refractivity contribution in [3.63, 3.8) is 0 Å². The van der Waals surface area contributed by atoms with Crippen LogP contribution in [0.2, 0.25) is 10.0 Å². The van der Waals surface area contributed by atoms with E-state index in [1.165, 1.54) is 0 Å². The topological polar surface area (TPSA) is 30.5 Å². The van der Waals surface area contributed by atoms with E-state index < -0.39 is 0 Å². The molecule has 0 radical (unpaired) electrons. The standard InChI is InChI=1S/C16H15Cl2NO2/c1-2-19-16(12-8-11(17)4-5-13(12)18)10-3-6-14-15(7-10)21-9-20-14/h3-8,16,19H,2,9H2,1H3. The van der Waals surface area contributed by atoms with Crippen LogP contribution in [0, 0.1) is 0 Å². The summed E-state index contributed by atoms with van der Waals surface area (Å²) in [4.78, 5) is 0. The highest BCUT2D eigenvalue weighted by Crippen LogP contribution is 2.37. The first-order chi connectivity index (χ1) is 10.2. The Bertz CT molecular complexity index is 661. The SMILES string of the molecule is CCNC(c1ccc2c(c1)OCO2)c1cc(Cl)ccc1Cl. The Balaban J connectivity index is 2.03. The summed E-state index contributed by atoms with van der Waals surface area (Å²) in [5, 5.41) is 4.78. The van der Waals surface area contributed by atoms with Crippen molar-refractivity contribution in [3.8, 4) is 11.5 Å². The van der Waals surface area contributed by atoms with Crippen molar-refractivity contribution in [1.29, 1.82) is 0 Å². The van der Waals surface area contributed by atoms with Crippen LogP contribution in [0.25, 0.3) is 0 Å². The molecule has 0 fully saturated rings. The molecule has 0 aliphatic carbocycles. The molecule has 21 heavy (non-hydrogen) atoms. The van der Waals surface area contributed by atoms with Crippen LogP contribution in [-0.4, -0.2) is 13.3 Å². The first-order valence-electron chi connectivity index (χ1n) is 6.77. The van der Waals surface area contributed by atoms with Crippen molar-refractivity contribution in [2.75, 3.05) is 13.3 Å². The van der Waals surface area contributed by atoms with Crippen LogP contribution in [0.15, 0.2) is 36.4 Å². The van der Waals surface area contributed by atoms with Gasteiger partial charge in [-0.3, -0.25) is 0 Å². The number of benzene rings is 2. The molecule has 1 heterocycles. The summed E-state index contributed by atoms with van der Waals surface area (Å²) in [7, 11) is 0. The molecule has 2 aromatic rings. The number of hydrogen-bond acceptors (Lipinski definition) is 3. The molecule has 0 saturated heterocycles. The van der Waals surface area contributed by atoms with Gasteiger partial charge in [-0.25, -0.2) is 0 Å². The van der Waals surface area contributed by atoms with Gasteiger partial charge in [-0.15, -0.1) is 0 Å². The maximum absolute atomic E-state index is 6.34. The number of halogens is 2. The summed E-state index contributed by atoms with van der Waals surface area (Å²) < 4.78 is 10.8. The molecule has 0 bridgehead atoms. The molecule has 0 aromatic heterocycles. The molecule has 1 N–H and O–H groups in total. The molecule has 0 saturated carbocycles. The molecule has 1 aliphatic rings. The minimum atomic E-state index is -0.0456. The summed E-state index contributed by atoms with van der Waals surface area (Å²) in [6.45, 7) is 3.13. The zero-order valence-electron chi connectivity index (χ0n) is 11.5. The lowest BCUT2D eigenvalue weighted by molar-refractivity contribution is 0.174. The number of hydrogen-bond donors (Lipinski definition) is 1. The van der Waals surface area contributed by atoms with Gasteiger partial charge < -0.3 is 14.8 Å². The maximum Gasteiger partial charge on any atom is 0.231 e. The van der Waals surface area contributed by atoms with Crippen LogP contribution in [0.1, 0.15) is 24.1 Å². The zero-order chi connectivity index (χ0) is 14.8. The Morgan fingerprint density at radius 3 is 2.71 bits per heavy atom. The van der Waals surface area contributed by atoms with Gasteiger partial charge in [0.1, 0.15) is 0 Å². The average Bonchev–Trinajstić information content (AvgIpc) is 2.95. The number of ether oxygens (including phenoxy) is 2. The molecule has 0 spiro atoms. The van der Waals surface area contributed by atoms with Gasteiger partial charge in [0.2, 0.25) is 6.79 Å². The Labute approximate surface area is 133 Å². The second-order valence-corrected chi connectivity index (χ2v) is 5.61. The van der Waals surface area contributed by atoms with Gasteiger partial charge in [0.25, 0.3) is 0 Å². The fraction of sp³-hybridized carbons (Fsp3) is 0.250. The third kappa shape index (κ3) is 2.95. The molecule has 1 aliphatic heterocycles. The van der Waals surface area contributed by atoms with E-state index >= 15 is 0 Å². The fourth-order valence-corrected chi connectivity index (χ4v) is 2.85. The van der Waals surface area contributed by atoms with E-state index in [9.17, 15) is 0 Å². The smallest absolute Gasteiger partial charge is 0.231 e. The Morgan fingerprint density at radius 2 is 1.90 bits per heavy atom. The van der Waals surface area contributed by atoms with Gasteiger partial charge in [-0.2, -0.15) is 0 Å². The average molecular weight is 324 g/mol. The monoisotopic (exact) mass is 323 g/mol. The molecule has 110 valence electrons. The van der Waals surface area contributed by atoms with E-state index in [1.807, 2.05) is 30.3 Å². The zero-order valence-corrected chi connectivity index (χ0v) is 13.0. The van der Waals surface area contributed by atoms with E-state index in [4.69, 9.17) is 32.7 Å². The van der Waals surface area contributed by atoms with E-state index in [1.54, 1.807) is 6.07 Å². The van der Waals surface area contributed by atoms with Crippen molar-refractivity contribution in [2.24, 2.45) is 0 Å². The maximum atomic E-state index is 6.34. The van der Waals surface area contributed by atoms with Crippen LogP contribution in [0.4, 0.5) is 0 Å². The van der Waals surface area contributed by atoms with Crippen molar-refractivity contribution < 1.29 is 9.47 Å². The lowest BCUT2D eigenvalue weighted by Crippen LogP contribution is -2.22. The fourth-order valence-electron chi connectivity index (χ4n) is 2.44. The molecular weight excluding hydrogens is 309 g/mol. The number of rotatable bonds is 4. The molecule has 2 aromatic carbocycles. The molecule has 3 nitrogen and oxygen atoms in total. The highest BCUT2D eigenvalue weighted by atomic mass is 35.5. The van der Waals surface area contributed by atoms with Crippen molar-refractivity contribution in [2.45, 2.75) is 13.0 Å². The molecule has 1 atom stereocenters. The molecular formula is C16H15Cl2NO2.